The number of hydrogen-bond acceptors (Lipinski definition) is 3. The highest BCUT2D eigenvalue weighted by atomic mass is 35.5. The highest BCUT2D eigenvalue weighted by Gasteiger charge is 2.30. The second-order valence-electron chi connectivity index (χ2n) is 6.04. The number of nitrogens with zero attached hydrogens (tertiary/aromatic N) is 2. The lowest BCUT2D eigenvalue weighted by molar-refractivity contribution is -0.116. The maximum Gasteiger partial charge on any atom is 0.226 e. The van der Waals surface area contributed by atoms with Crippen molar-refractivity contribution in [3.8, 4) is 0 Å². The van der Waals surface area contributed by atoms with Gasteiger partial charge in [-0.2, -0.15) is 0 Å². The molecule has 1 N–H and O–H groups in total. The van der Waals surface area contributed by atoms with E-state index in [2.05, 4.69) is 17.3 Å². The number of nitrogens with one attached hydrogen (secondary N) is 1. The van der Waals surface area contributed by atoms with E-state index in [9.17, 15) is 4.79 Å². The number of carbonyl (C=O) groups is 1. The molecular weight excluding hydrogens is 330 g/mol. The van der Waals surface area contributed by atoms with Gasteiger partial charge in [0.05, 0.1) is 6.04 Å². The maximum atomic E-state index is 12.2. The number of thioether (sulfide) groups is 1. The molecule has 2 fully saturated rings. The zero-order valence-corrected chi connectivity index (χ0v) is 15.0. The Balaban J connectivity index is 0.00000192. The summed E-state index contributed by atoms with van der Waals surface area (Å²) in [5, 5.41) is 4.08. The lowest BCUT2D eigenvalue weighted by Crippen LogP contribution is -2.34. The molecule has 126 valence electrons. The third-order valence-electron chi connectivity index (χ3n) is 4.35. The van der Waals surface area contributed by atoms with Crippen LogP contribution in [0.4, 0.5) is 5.69 Å². The largest absolute Gasteiger partial charge is 0.350 e. The van der Waals surface area contributed by atoms with E-state index in [-0.39, 0.29) is 24.4 Å². The van der Waals surface area contributed by atoms with Crippen LogP contribution in [-0.4, -0.2) is 40.9 Å². The molecule has 1 amide bonds. The molecule has 23 heavy (non-hydrogen) atoms. The van der Waals surface area contributed by atoms with Gasteiger partial charge in [0, 0.05) is 31.0 Å². The van der Waals surface area contributed by atoms with Crippen LogP contribution in [0.2, 0.25) is 0 Å². The third-order valence-corrected chi connectivity index (χ3v) is 5.55. The molecular formula is C17H24ClN3OS. The molecule has 1 saturated heterocycles. The van der Waals surface area contributed by atoms with Gasteiger partial charge in [0.15, 0.2) is 5.17 Å². The third kappa shape index (κ3) is 4.88. The van der Waals surface area contributed by atoms with Crippen LogP contribution in [0.25, 0.3) is 0 Å². The van der Waals surface area contributed by atoms with E-state index in [4.69, 9.17) is 4.99 Å². The second-order valence-corrected chi connectivity index (χ2v) is 7.03. The second kappa shape index (κ2) is 8.60. The number of carbonyl (C=O) groups excluding carboxylic acids is 1. The summed E-state index contributed by atoms with van der Waals surface area (Å²) in [5.41, 5.74) is 0.862. The first-order chi connectivity index (χ1) is 10.7. The van der Waals surface area contributed by atoms with Gasteiger partial charge in [0.2, 0.25) is 5.91 Å². The molecule has 1 atom stereocenters. The van der Waals surface area contributed by atoms with Gasteiger partial charge in [-0.1, -0.05) is 42.8 Å². The standard InChI is InChI=1S/C17H23N3OS.ClH/c1-20-15(11-16(21)18-13-7-3-2-4-8-13)12-22-17(20)19-14-9-5-6-10-14;/h2-4,7-8,14-15H,5-6,9-12H2,1H3,(H,18,21);1H. The Morgan fingerprint density at radius 3 is 2.70 bits per heavy atom. The van der Waals surface area contributed by atoms with Crippen molar-refractivity contribution < 1.29 is 4.79 Å². The van der Waals surface area contributed by atoms with Gasteiger partial charge in [-0.05, 0) is 25.0 Å². The Morgan fingerprint density at radius 2 is 2.00 bits per heavy atom. The molecule has 6 heteroatoms. The summed E-state index contributed by atoms with van der Waals surface area (Å²) >= 11 is 1.79. The Hall–Kier alpha value is -1.20. The highest BCUT2D eigenvalue weighted by Crippen LogP contribution is 2.28. The first kappa shape index (κ1) is 18.1. The number of amides is 1. The lowest BCUT2D eigenvalue weighted by Gasteiger charge is -2.21. The van der Waals surface area contributed by atoms with Gasteiger partial charge in [0.25, 0.3) is 0 Å². The van der Waals surface area contributed by atoms with Crippen molar-refractivity contribution in [2.45, 2.75) is 44.2 Å². The summed E-state index contributed by atoms with van der Waals surface area (Å²) in [6.45, 7) is 0. The van der Waals surface area contributed by atoms with Crippen molar-refractivity contribution in [2.24, 2.45) is 4.99 Å². The maximum absolute atomic E-state index is 12.2. The summed E-state index contributed by atoms with van der Waals surface area (Å²) < 4.78 is 0. The van der Waals surface area contributed by atoms with Crippen LogP contribution >= 0.6 is 24.2 Å². The minimum Gasteiger partial charge on any atom is -0.350 e. The summed E-state index contributed by atoms with van der Waals surface area (Å²) in [6, 6.07) is 10.4. The fraction of sp³-hybridized carbons (Fsp3) is 0.529. The van der Waals surface area contributed by atoms with Crippen molar-refractivity contribution in [3.05, 3.63) is 30.3 Å². The minimum atomic E-state index is 0. The van der Waals surface area contributed by atoms with Crippen molar-refractivity contribution in [1.29, 1.82) is 0 Å². The van der Waals surface area contributed by atoms with E-state index >= 15 is 0 Å². The van der Waals surface area contributed by atoms with Gasteiger partial charge < -0.3 is 10.2 Å². The summed E-state index contributed by atoms with van der Waals surface area (Å²) in [5.74, 6) is 1.02. The van der Waals surface area contributed by atoms with Crippen LogP contribution < -0.4 is 5.32 Å². The number of hydrogen-bond donors (Lipinski definition) is 1. The van der Waals surface area contributed by atoms with Crippen molar-refractivity contribution in [1.82, 2.24) is 4.90 Å². The molecule has 1 aliphatic carbocycles. The molecule has 0 spiro atoms. The molecule has 1 aromatic rings. The van der Waals surface area contributed by atoms with Crippen LogP contribution in [0.1, 0.15) is 32.1 Å². The predicted molar refractivity (Wildman–Crippen MR) is 101 cm³/mol. The summed E-state index contributed by atoms with van der Waals surface area (Å²) in [6.07, 6.45) is 5.56. The molecule has 0 radical (unpaired) electrons. The molecule has 1 aliphatic heterocycles. The number of para-hydroxylation sites is 1. The normalized spacial score (nSPS) is 23.1. The Bertz CT molecular complexity index is 546. The van der Waals surface area contributed by atoms with Crippen molar-refractivity contribution in [3.63, 3.8) is 0 Å². The lowest BCUT2D eigenvalue weighted by atomic mass is 10.2. The monoisotopic (exact) mass is 353 g/mol. The molecule has 4 nitrogen and oxygen atoms in total. The van der Waals surface area contributed by atoms with Gasteiger partial charge in [-0.25, -0.2) is 0 Å². The highest BCUT2D eigenvalue weighted by molar-refractivity contribution is 8.14. The van der Waals surface area contributed by atoms with E-state index in [0.29, 0.717) is 12.5 Å². The quantitative estimate of drug-likeness (QED) is 0.895. The summed E-state index contributed by atoms with van der Waals surface area (Å²) in [4.78, 5) is 19.2. The van der Waals surface area contributed by atoms with Crippen molar-refractivity contribution in [2.75, 3.05) is 18.1 Å². The van der Waals surface area contributed by atoms with E-state index in [1.54, 1.807) is 11.8 Å². The molecule has 3 rings (SSSR count). The number of benzene rings is 1. The fourth-order valence-corrected chi connectivity index (χ4v) is 4.26. The number of amidine groups is 1. The van der Waals surface area contributed by atoms with Gasteiger partial charge in [0.1, 0.15) is 0 Å². The van der Waals surface area contributed by atoms with E-state index < -0.39 is 0 Å². The molecule has 1 aromatic carbocycles. The average molecular weight is 354 g/mol. The Kier molecular flexibility index (Phi) is 6.78. The number of anilines is 1. The van der Waals surface area contributed by atoms with Crippen LogP contribution in [-0.2, 0) is 4.79 Å². The van der Waals surface area contributed by atoms with Crippen LogP contribution in [0.5, 0.6) is 0 Å². The number of halogens is 1. The molecule has 2 aliphatic rings. The first-order valence-electron chi connectivity index (χ1n) is 8.00. The van der Waals surface area contributed by atoms with E-state index in [0.717, 1.165) is 16.6 Å². The zero-order valence-electron chi connectivity index (χ0n) is 13.4. The zero-order chi connectivity index (χ0) is 15.4. The average Bonchev–Trinajstić information content (AvgIpc) is 3.14. The fourth-order valence-electron chi connectivity index (χ4n) is 3.00. The van der Waals surface area contributed by atoms with Crippen LogP contribution in [0.15, 0.2) is 35.3 Å². The molecule has 1 saturated carbocycles. The molecule has 0 bridgehead atoms. The van der Waals surface area contributed by atoms with Crippen LogP contribution in [0.3, 0.4) is 0 Å². The first-order valence-corrected chi connectivity index (χ1v) is 8.99. The van der Waals surface area contributed by atoms with E-state index in [1.165, 1.54) is 25.7 Å². The van der Waals surface area contributed by atoms with Gasteiger partial charge in [-0.15, -0.1) is 12.4 Å². The Morgan fingerprint density at radius 1 is 1.30 bits per heavy atom. The Labute approximate surface area is 148 Å². The number of aliphatic imine (C=N–C) groups is 1. The van der Waals surface area contributed by atoms with Gasteiger partial charge >= 0.3 is 0 Å². The van der Waals surface area contributed by atoms with Crippen molar-refractivity contribution >= 4 is 40.9 Å². The number of rotatable bonds is 4. The predicted octanol–water partition coefficient (Wildman–Crippen LogP) is 3.78. The molecule has 1 unspecified atom stereocenters. The van der Waals surface area contributed by atoms with E-state index in [1.807, 2.05) is 30.3 Å². The molecule has 0 aromatic heterocycles. The SMILES string of the molecule is CN1C(=NC2CCCC2)SCC1CC(=O)Nc1ccccc1.Cl. The minimum absolute atomic E-state index is 0. The van der Waals surface area contributed by atoms with Gasteiger partial charge in [-0.3, -0.25) is 9.79 Å². The van der Waals surface area contributed by atoms with Crippen LogP contribution in [0, 0.1) is 0 Å². The molecule has 1 heterocycles. The topological polar surface area (TPSA) is 44.7 Å². The smallest absolute Gasteiger partial charge is 0.226 e. The summed E-state index contributed by atoms with van der Waals surface area (Å²) in [7, 11) is 2.06.